The first-order valence-electron chi connectivity index (χ1n) is 9.40. The molecule has 7 nitrogen and oxygen atoms in total. The topological polar surface area (TPSA) is 73.3 Å². The fraction of sp³-hybridized carbons (Fsp3) is 0.381. The van der Waals surface area contributed by atoms with Gasteiger partial charge in [0, 0.05) is 25.3 Å². The number of halogens is 2. The van der Waals surface area contributed by atoms with Crippen molar-refractivity contribution >= 4 is 11.6 Å². The average Bonchev–Trinajstić information content (AvgIpc) is 2.73. The molecule has 0 saturated carbocycles. The van der Waals surface area contributed by atoms with E-state index >= 15 is 0 Å². The van der Waals surface area contributed by atoms with Crippen LogP contribution in [0.5, 0.6) is 23.0 Å². The lowest BCUT2D eigenvalue weighted by molar-refractivity contribution is -0.0512. The van der Waals surface area contributed by atoms with Gasteiger partial charge in [0.2, 0.25) is 0 Å². The first-order chi connectivity index (χ1) is 14.5. The van der Waals surface area contributed by atoms with Crippen LogP contribution in [0.15, 0.2) is 41.4 Å². The Kier molecular flexibility index (Phi) is 8.99. The van der Waals surface area contributed by atoms with Gasteiger partial charge < -0.3 is 29.6 Å². The molecule has 0 aliphatic heterocycles. The number of hydrogen-bond acceptors (Lipinski definition) is 5. The van der Waals surface area contributed by atoms with Gasteiger partial charge in [-0.2, -0.15) is 8.78 Å². The van der Waals surface area contributed by atoms with Crippen molar-refractivity contribution in [1.29, 1.82) is 0 Å². The molecule has 0 bridgehead atoms. The number of hydrogen-bond donors (Lipinski definition) is 2. The van der Waals surface area contributed by atoms with Crippen molar-refractivity contribution in [2.45, 2.75) is 20.0 Å². The lowest BCUT2D eigenvalue weighted by atomic mass is 10.1. The highest BCUT2D eigenvalue weighted by Gasteiger charge is 2.11. The van der Waals surface area contributed by atoms with Crippen molar-refractivity contribution in [3.63, 3.8) is 0 Å². The van der Waals surface area contributed by atoms with Crippen molar-refractivity contribution in [3.8, 4) is 23.0 Å². The number of methoxy groups -OCH3 is 2. The van der Waals surface area contributed by atoms with Gasteiger partial charge in [0.25, 0.3) is 0 Å². The summed E-state index contributed by atoms with van der Waals surface area (Å²) in [5.41, 5.74) is 1.60. The lowest BCUT2D eigenvalue weighted by Gasteiger charge is -2.15. The van der Waals surface area contributed by atoms with Crippen LogP contribution in [0.2, 0.25) is 0 Å². The minimum absolute atomic E-state index is 0.00851. The summed E-state index contributed by atoms with van der Waals surface area (Å²) in [4.78, 5) is 4.20. The molecule has 9 heteroatoms. The number of ether oxygens (including phenoxy) is 4. The van der Waals surface area contributed by atoms with E-state index in [1.54, 1.807) is 32.4 Å². The molecule has 0 amide bonds. The molecular weight excluding hydrogens is 396 g/mol. The fourth-order valence-electron chi connectivity index (χ4n) is 2.73. The van der Waals surface area contributed by atoms with Crippen molar-refractivity contribution in [3.05, 3.63) is 42.0 Å². The van der Waals surface area contributed by atoms with E-state index in [9.17, 15) is 8.78 Å². The second kappa shape index (κ2) is 11.7. The van der Waals surface area contributed by atoms with E-state index < -0.39 is 6.61 Å². The van der Waals surface area contributed by atoms with E-state index in [-0.39, 0.29) is 11.5 Å². The summed E-state index contributed by atoms with van der Waals surface area (Å²) in [6.07, 6.45) is 0.567. The molecule has 0 aliphatic carbocycles. The van der Waals surface area contributed by atoms with Crippen LogP contribution >= 0.6 is 0 Å². The molecule has 0 atom stereocenters. The highest BCUT2D eigenvalue weighted by Crippen LogP contribution is 2.31. The molecule has 0 fully saturated rings. The van der Waals surface area contributed by atoms with Gasteiger partial charge in [0.1, 0.15) is 0 Å². The Morgan fingerprint density at radius 2 is 1.70 bits per heavy atom. The maximum atomic E-state index is 12.6. The van der Waals surface area contributed by atoms with E-state index in [0.717, 1.165) is 11.3 Å². The van der Waals surface area contributed by atoms with E-state index in [4.69, 9.17) is 14.2 Å². The lowest BCUT2D eigenvalue weighted by Crippen LogP contribution is -2.32. The van der Waals surface area contributed by atoms with Gasteiger partial charge in [-0.3, -0.25) is 4.99 Å². The zero-order chi connectivity index (χ0) is 21.9. The second-order valence-electron chi connectivity index (χ2n) is 6.04. The third kappa shape index (κ3) is 6.68. The van der Waals surface area contributed by atoms with Gasteiger partial charge in [0.15, 0.2) is 29.0 Å². The maximum absolute atomic E-state index is 12.6. The number of benzene rings is 2. The molecular formula is C21H27F2N3O4. The molecule has 0 heterocycles. The Bertz CT molecular complexity index is 847. The second-order valence-corrected chi connectivity index (χ2v) is 6.04. The molecule has 0 saturated heterocycles. The zero-order valence-electron chi connectivity index (χ0n) is 17.5. The van der Waals surface area contributed by atoms with Crippen LogP contribution in [-0.4, -0.2) is 47.0 Å². The molecule has 2 aromatic rings. The van der Waals surface area contributed by atoms with Crippen LogP contribution in [0.1, 0.15) is 12.5 Å². The first kappa shape index (κ1) is 23.1. The predicted octanol–water partition coefficient (Wildman–Crippen LogP) is 3.93. The zero-order valence-corrected chi connectivity index (χ0v) is 17.5. The van der Waals surface area contributed by atoms with Crippen LogP contribution in [0.4, 0.5) is 14.5 Å². The summed E-state index contributed by atoms with van der Waals surface area (Å²) in [5, 5.41) is 6.36. The summed E-state index contributed by atoms with van der Waals surface area (Å²) in [5.74, 6) is 2.10. The molecule has 30 heavy (non-hydrogen) atoms. The number of nitrogens with zero attached hydrogens (tertiary/aromatic N) is 1. The van der Waals surface area contributed by atoms with Crippen LogP contribution in [0.25, 0.3) is 0 Å². The molecule has 0 spiro atoms. The highest BCUT2D eigenvalue weighted by molar-refractivity contribution is 5.93. The van der Waals surface area contributed by atoms with Crippen molar-refractivity contribution < 1.29 is 27.7 Å². The van der Waals surface area contributed by atoms with Gasteiger partial charge >= 0.3 is 6.61 Å². The van der Waals surface area contributed by atoms with Crippen LogP contribution in [0.3, 0.4) is 0 Å². The summed E-state index contributed by atoms with van der Waals surface area (Å²) in [6.45, 7) is 0.0265. The fourth-order valence-corrected chi connectivity index (χ4v) is 2.73. The third-order valence-electron chi connectivity index (χ3n) is 4.10. The van der Waals surface area contributed by atoms with Crippen LogP contribution in [-0.2, 0) is 6.42 Å². The van der Waals surface area contributed by atoms with Crippen LogP contribution in [0, 0.1) is 0 Å². The summed E-state index contributed by atoms with van der Waals surface area (Å²) < 4.78 is 45.6. The van der Waals surface area contributed by atoms with Crippen molar-refractivity contribution in [2.24, 2.45) is 4.99 Å². The smallest absolute Gasteiger partial charge is 0.387 e. The molecule has 0 unspecified atom stereocenters. The van der Waals surface area contributed by atoms with Gasteiger partial charge in [-0.1, -0.05) is 6.07 Å². The van der Waals surface area contributed by atoms with E-state index in [0.29, 0.717) is 37.0 Å². The molecule has 2 rings (SSSR count). The Morgan fingerprint density at radius 1 is 1.00 bits per heavy atom. The quantitative estimate of drug-likeness (QED) is 0.446. The Morgan fingerprint density at radius 3 is 2.33 bits per heavy atom. The summed E-state index contributed by atoms with van der Waals surface area (Å²) in [7, 11) is 4.65. The average molecular weight is 423 g/mol. The van der Waals surface area contributed by atoms with E-state index in [2.05, 4.69) is 20.4 Å². The van der Waals surface area contributed by atoms with E-state index in [1.807, 2.05) is 25.1 Å². The molecule has 164 valence electrons. The number of rotatable bonds is 10. The van der Waals surface area contributed by atoms with Gasteiger partial charge in [-0.25, -0.2) is 0 Å². The normalized spacial score (nSPS) is 11.2. The maximum Gasteiger partial charge on any atom is 0.387 e. The molecule has 2 aromatic carbocycles. The number of anilines is 1. The summed E-state index contributed by atoms with van der Waals surface area (Å²) in [6, 6.07) is 10.4. The van der Waals surface area contributed by atoms with Crippen molar-refractivity contribution in [1.82, 2.24) is 5.32 Å². The third-order valence-corrected chi connectivity index (χ3v) is 4.10. The monoisotopic (exact) mass is 423 g/mol. The van der Waals surface area contributed by atoms with Gasteiger partial charge in [0.05, 0.1) is 20.8 Å². The predicted molar refractivity (Wildman–Crippen MR) is 112 cm³/mol. The molecule has 0 radical (unpaired) electrons. The minimum Gasteiger partial charge on any atom is -0.493 e. The largest absolute Gasteiger partial charge is 0.493 e. The Labute approximate surface area is 175 Å². The van der Waals surface area contributed by atoms with Crippen LogP contribution < -0.4 is 29.6 Å². The SMILES string of the molecule is CCOc1cc(NC(=NC)NCCc2ccc(OC)c(OC(F)F)c2)ccc1OC. The highest BCUT2D eigenvalue weighted by atomic mass is 19.3. The Balaban J connectivity index is 1.97. The summed E-state index contributed by atoms with van der Waals surface area (Å²) >= 11 is 0. The first-order valence-corrected chi connectivity index (χ1v) is 9.40. The number of guanidine groups is 1. The van der Waals surface area contributed by atoms with Gasteiger partial charge in [-0.05, 0) is 43.2 Å². The minimum atomic E-state index is -2.92. The number of aliphatic imine (C=N–C) groups is 1. The molecule has 2 N–H and O–H groups in total. The number of alkyl halides is 2. The number of nitrogens with one attached hydrogen (secondary N) is 2. The van der Waals surface area contributed by atoms with E-state index in [1.165, 1.54) is 7.11 Å². The van der Waals surface area contributed by atoms with Gasteiger partial charge in [-0.15, -0.1) is 0 Å². The van der Waals surface area contributed by atoms with Crippen molar-refractivity contribution in [2.75, 3.05) is 39.7 Å². The Hall–Kier alpha value is -3.23. The molecule has 0 aromatic heterocycles. The molecule has 0 aliphatic rings. The standard InChI is InChI=1S/C21H27F2N3O4/c1-5-29-18-13-15(7-9-16(18)27-3)26-21(24-2)25-11-10-14-6-8-17(28-4)19(12-14)30-20(22)23/h6-9,12-13,20H,5,10-11H2,1-4H3,(H2,24,25,26).